The largest absolute Gasteiger partial charge is 0.475 e. The summed E-state index contributed by atoms with van der Waals surface area (Å²) in [5.74, 6) is 2.06. The molecule has 0 atom stereocenters. The van der Waals surface area contributed by atoms with Gasteiger partial charge in [0.2, 0.25) is 5.88 Å². The van der Waals surface area contributed by atoms with Gasteiger partial charge < -0.3 is 19.7 Å². The summed E-state index contributed by atoms with van der Waals surface area (Å²) in [6, 6.07) is 1.80. The van der Waals surface area contributed by atoms with Gasteiger partial charge in [-0.05, 0) is 21.0 Å². The Balaban J connectivity index is 2.51. The predicted molar refractivity (Wildman–Crippen MR) is 71.2 cm³/mol. The zero-order valence-corrected chi connectivity index (χ0v) is 11.6. The summed E-state index contributed by atoms with van der Waals surface area (Å²) in [6.07, 6.45) is 0. The second-order valence-corrected chi connectivity index (χ2v) is 4.21. The molecule has 0 bridgehead atoms. The molecule has 0 saturated carbocycles. The van der Waals surface area contributed by atoms with E-state index in [9.17, 15) is 0 Å². The molecule has 102 valence electrons. The van der Waals surface area contributed by atoms with Gasteiger partial charge in [0.05, 0.1) is 6.61 Å². The number of aromatic nitrogens is 2. The first-order valence-electron chi connectivity index (χ1n) is 5.98. The SMILES string of the molecule is COCCOc1cc(NCCN(C)C)nc(C)n1. The smallest absolute Gasteiger partial charge is 0.218 e. The maximum atomic E-state index is 5.47. The highest BCUT2D eigenvalue weighted by atomic mass is 16.5. The van der Waals surface area contributed by atoms with Crippen LogP contribution in [0.15, 0.2) is 6.07 Å². The third kappa shape index (κ3) is 5.79. The lowest BCUT2D eigenvalue weighted by molar-refractivity contribution is 0.143. The molecule has 0 fully saturated rings. The molecular weight excluding hydrogens is 232 g/mol. The van der Waals surface area contributed by atoms with Crippen molar-refractivity contribution >= 4 is 5.82 Å². The third-order valence-corrected chi connectivity index (χ3v) is 2.22. The molecule has 0 aliphatic carbocycles. The highest BCUT2D eigenvalue weighted by molar-refractivity contribution is 5.38. The number of rotatable bonds is 8. The van der Waals surface area contributed by atoms with Gasteiger partial charge >= 0.3 is 0 Å². The van der Waals surface area contributed by atoms with Crippen molar-refractivity contribution in [3.05, 3.63) is 11.9 Å². The van der Waals surface area contributed by atoms with Gasteiger partial charge in [-0.25, -0.2) is 4.98 Å². The second-order valence-electron chi connectivity index (χ2n) is 4.21. The van der Waals surface area contributed by atoms with Gasteiger partial charge in [-0.2, -0.15) is 4.98 Å². The van der Waals surface area contributed by atoms with E-state index in [2.05, 4.69) is 20.2 Å². The molecule has 0 unspecified atom stereocenters. The fraction of sp³-hybridized carbons (Fsp3) is 0.667. The number of likely N-dealkylation sites (N-methyl/N-ethyl adjacent to an activating group) is 1. The number of aryl methyl sites for hydroxylation is 1. The summed E-state index contributed by atoms with van der Waals surface area (Å²) >= 11 is 0. The molecule has 0 saturated heterocycles. The van der Waals surface area contributed by atoms with E-state index in [4.69, 9.17) is 9.47 Å². The van der Waals surface area contributed by atoms with E-state index in [0.717, 1.165) is 18.9 Å². The number of hydrogen-bond acceptors (Lipinski definition) is 6. The minimum atomic E-state index is 0.490. The van der Waals surface area contributed by atoms with Crippen molar-refractivity contribution in [2.24, 2.45) is 0 Å². The van der Waals surface area contributed by atoms with Crippen molar-refractivity contribution in [1.82, 2.24) is 14.9 Å². The minimum Gasteiger partial charge on any atom is -0.475 e. The Morgan fingerprint density at radius 1 is 1.28 bits per heavy atom. The molecule has 1 aromatic rings. The highest BCUT2D eigenvalue weighted by Gasteiger charge is 2.02. The zero-order valence-electron chi connectivity index (χ0n) is 11.6. The summed E-state index contributed by atoms with van der Waals surface area (Å²) in [5.41, 5.74) is 0. The van der Waals surface area contributed by atoms with E-state index in [1.165, 1.54) is 0 Å². The Labute approximate surface area is 108 Å². The fourth-order valence-electron chi connectivity index (χ4n) is 1.34. The van der Waals surface area contributed by atoms with Crippen LogP contribution in [0.25, 0.3) is 0 Å². The van der Waals surface area contributed by atoms with Crippen LogP contribution >= 0.6 is 0 Å². The van der Waals surface area contributed by atoms with E-state index < -0.39 is 0 Å². The second kappa shape index (κ2) is 7.84. The lowest BCUT2D eigenvalue weighted by Gasteiger charge is -2.12. The topological polar surface area (TPSA) is 59.5 Å². The van der Waals surface area contributed by atoms with Gasteiger partial charge in [0, 0.05) is 26.3 Å². The van der Waals surface area contributed by atoms with Crippen LogP contribution in [-0.2, 0) is 4.74 Å². The maximum Gasteiger partial charge on any atom is 0.218 e. The van der Waals surface area contributed by atoms with Crippen molar-refractivity contribution < 1.29 is 9.47 Å². The Morgan fingerprint density at radius 2 is 2.06 bits per heavy atom. The average molecular weight is 254 g/mol. The van der Waals surface area contributed by atoms with Crippen LogP contribution in [0.2, 0.25) is 0 Å². The van der Waals surface area contributed by atoms with E-state index >= 15 is 0 Å². The molecule has 0 aliphatic heterocycles. The Hall–Kier alpha value is -1.40. The first-order chi connectivity index (χ1) is 8.61. The number of hydrogen-bond donors (Lipinski definition) is 1. The fourth-order valence-corrected chi connectivity index (χ4v) is 1.34. The molecule has 18 heavy (non-hydrogen) atoms. The summed E-state index contributed by atoms with van der Waals surface area (Å²) in [5, 5.41) is 3.24. The monoisotopic (exact) mass is 254 g/mol. The van der Waals surface area contributed by atoms with Crippen LogP contribution in [0, 0.1) is 6.92 Å². The van der Waals surface area contributed by atoms with Gasteiger partial charge in [-0.3, -0.25) is 0 Å². The molecular formula is C12H22N4O2. The molecule has 0 aromatic carbocycles. The van der Waals surface area contributed by atoms with Crippen molar-refractivity contribution in [2.45, 2.75) is 6.92 Å². The number of nitrogens with zero attached hydrogens (tertiary/aromatic N) is 3. The van der Waals surface area contributed by atoms with E-state index in [0.29, 0.717) is 24.9 Å². The first kappa shape index (κ1) is 14.7. The van der Waals surface area contributed by atoms with Gasteiger partial charge in [0.25, 0.3) is 0 Å². The summed E-state index contributed by atoms with van der Waals surface area (Å²) in [6.45, 7) is 4.67. The predicted octanol–water partition coefficient (Wildman–Crippen LogP) is 0.784. The van der Waals surface area contributed by atoms with E-state index in [-0.39, 0.29) is 0 Å². The van der Waals surface area contributed by atoms with Crippen LogP contribution < -0.4 is 10.1 Å². The standard InChI is InChI=1S/C12H22N4O2/c1-10-14-11(13-5-6-16(2)3)9-12(15-10)18-8-7-17-4/h9H,5-8H2,1-4H3,(H,13,14,15). The van der Waals surface area contributed by atoms with Crippen LogP contribution in [0.1, 0.15) is 5.82 Å². The molecule has 6 heteroatoms. The van der Waals surface area contributed by atoms with E-state index in [1.807, 2.05) is 21.0 Å². The molecule has 0 spiro atoms. The van der Waals surface area contributed by atoms with Gasteiger partial charge in [0.15, 0.2) is 0 Å². The first-order valence-corrected chi connectivity index (χ1v) is 5.98. The maximum absolute atomic E-state index is 5.47. The number of methoxy groups -OCH3 is 1. The van der Waals surface area contributed by atoms with Crippen molar-refractivity contribution in [3.8, 4) is 5.88 Å². The van der Waals surface area contributed by atoms with Crippen LogP contribution in [-0.4, -0.2) is 62.4 Å². The highest BCUT2D eigenvalue weighted by Crippen LogP contribution is 2.12. The molecule has 6 nitrogen and oxygen atoms in total. The quantitative estimate of drug-likeness (QED) is 0.692. The minimum absolute atomic E-state index is 0.490. The average Bonchev–Trinajstić information content (AvgIpc) is 2.28. The Morgan fingerprint density at radius 3 is 2.72 bits per heavy atom. The molecule has 0 amide bonds. The molecule has 1 rings (SSSR count). The van der Waals surface area contributed by atoms with Crippen LogP contribution in [0.3, 0.4) is 0 Å². The van der Waals surface area contributed by atoms with Gasteiger partial charge in [-0.15, -0.1) is 0 Å². The van der Waals surface area contributed by atoms with E-state index in [1.54, 1.807) is 13.2 Å². The van der Waals surface area contributed by atoms with Crippen molar-refractivity contribution in [1.29, 1.82) is 0 Å². The van der Waals surface area contributed by atoms with Crippen LogP contribution in [0.5, 0.6) is 5.88 Å². The van der Waals surface area contributed by atoms with Crippen LogP contribution in [0.4, 0.5) is 5.82 Å². The van der Waals surface area contributed by atoms with Gasteiger partial charge in [-0.1, -0.05) is 0 Å². The molecule has 1 aromatic heterocycles. The summed E-state index contributed by atoms with van der Waals surface area (Å²) in [4.78, 5) is 10.6. The zero-order chi connectivity index (χ0) is 13.4. The normalized spacial score (nSPS) is 10.7. The third-order valence-electron chi connectivity index (χ3n) is 2.22. The lowest BCUT2D eigenvalue weighted by atomic mass is 10.5. The van der Waals surface area contributed by atoms with Crippen molar-refractivity contribution in [2.75, 3.05) is 52.8 Å². The number of ether oxygens (including phenoxy) is 2. The Kier molecular flexibility index (Phi) is 6.38. The lowest BCUT2D eigenvalue weighted by Crippen LogP contribution is -2.21. The summed E-state index contributed by atoms with van der Waals surface area (Å²) < 4.78 is 10.4. The Bertz CT molecular complexity index is 358. The van der Waals surface area contributed by atoms with Crippen molar-refractivity contribution in [3.63, 3.8) is 0 Å². The molecule has 1 N–H and O–H groups in total. The molecule has 0 radical (unpaired) electrons. The molecule has 1 heterocycles. The molecule has 0 aliphatic rings. The number of anilines is 1. The van der Waals surface area contributed by atoms with Gasteiger partial charge in [0.1, 0.15) is 18.2 Å². The summed E-state index contributed by atoms with van der Waals surface area (Å²) in [7, 11) is 5.71. The number of nitrogens with one attached hydrogen (secondary N) is 1.